The summed E-state index contributed by atoms with van der Waals surface area (Å²) in [7, 11) is 5.18. The largest absolute Gasteiger partial charge is 0.497 e. The molecular formula is C28H29N3O4. The Bertz CT molecular complexity index is 1320. The summed E-state index contributed by atoms with van der Waals surface area (Å²) in [6, 6.07) is 18.6. The number of nitrogens with one attached hydrogen (secondary N) is 1. The molecule has 3 aromatic carbocycles. The van der Waals surface area contributed by atoms with E-state index in [-0.39, 0.29) is 5.91 Å². The molecule has 7 heteroatoms. The Morgan fingerprint density at radius 2 is 1.60 bits per heavy atom. The van der Waals surface area contributed by atoms with Gasteiger partial charge in [-0.2, -0.15) is 0 Å². The fourth-order valence-corrected chi connectivity index (χ4v) is 3.79. The molecule has 1 amide bonds. The number of anilines is 1. The molecule has 0 saturated heterocycles. The van der Waals surface area contributed by atoms with E-state index in [1.54, 1.807) is 38.5 Å². The van der Waals surface area contributed by atoms with Crippen LogP contribution < -0.4 is 19.5 Å². The van der Waals surface area contributed by atoms with E-state index in [2.05, 4.69) is 10.3 Å². The number of benzene rings is 3. The molecule has 35 heavy (non-hydrogen) atoms. The lowest BCUT2D eigenvalue weighted by molar-refractivity contribution is 0.102. The predicted molar refractivity (Wildman–Crippen MR) is 136 cm³/mol. The zero-order valence-corrected chi connectivity index (χ0v) is 20.6. The monoisotopic (exact) mass is 471 g/mol. The molecule has 0 aliphatic rings. The van der Waals surface area contributed by atoms with Crippen molar-refractivity contribution in [2.45, 2.75) is 20.5 Å². The normalized spacial score (nSPS) is 10.7. The SMILES string of the molecule is COc1cc(COc2ccc(C(=O)Nc3cc(-c4nc(C)cn4C)ccc3C)cc2)cc(OC)c1. The molecule has 0 fully saturated rings. The van der Waals surface area contributed by atoms with E-state index in [1.165, 1.54) is 0 Å². The number of carbonyl (C=O) groups excluding carboxylic acids is 1. The van der Waals surface area contributed by atoms with Crippen molar-refractivity contribution in [2.24, 2.45) is 7.05 Å². The van der Waals surface area contributed by atoms with Crippen molar-refractivity contribution in [3.8, 4) is 28.6 Å². The molecule has 0 radical (unpaired) electrons. The molecule has 4 rings (SSSR count). The molecule has 0 aliphatic heterocycles. The van der Waals surface area contributed by atoms with Crippen LogP contribution in [-0.2, 0) is 13.7 Å². The van der Waals surface area contributed by atoms with Gasteiger partial charge in [0, 0.05) is 36.1 Å². The highest BCUT2D eigenvalue weighted by Gasteiger charge is 2.12. The molecule has 1 aromatic heterocycles. The van der Waals surface area contributed by atoms with Crippen LogP contribution in [0.2, 0.25) is 0 Å². The number of aromatic nitrogens is 2. The first-order valence-electron chi connectivity index (χ1n) is 11.2. The molecule has 7 nitrogen and oxygen atoms in total. The number of amides is 1. The van der Waals surface area contributed by atoms with Gasteiger partial charge in [-0.25, -0.2) is 4.98 Å². The lowest BCUT2D eigenvalue weighted by Crippen LogP contribution is -2.13. The van der Waals surface area contributed by atoms with Gasteiger partial charge in [-0.3, -0.25) is 4.79 Å². The maximum absolute atomic E-state index is 12.9. The highest BCUT2D eigenvalue weighted by atomic mass is 16.5. The summed E-state index contributed by atoms with van der Waals surface area (Å²) < 4.78 is 18.5. The van der Waals surface area contributed by atoms with Gasteiger partial charge in [0.2, 0.25) is 0 Å². The first-order valence-corrected chi connectivity index (χ1v) is 11.2. The van der Waals surface area contributed by atoms with Crippen LogP contribution in [0.25, 0.3) is 11.4 Å². The molecule has 0 unspecified atom stereocenters. The minimum atomic E-state index is -0.189. The van der Waals surface area contributed by atoms with Crippen molar-refractivity contribution in [3.63, 3.8) is 0 Å². The number of methoxy groups -OCH3 is 2. The van der Waals surface area contributed by atoms with Crippen LogP contribution in [-0.4, -0.2) is 29.7 Å². The second-order valence-corrected chi connectivity index (χ2v) is 8.33. The number of hydrogen-bond donors (Lipinski definition) is 1. The standard InChI is InChI=1S/C28H29N3O4/c1-18-6-7-22(27-29-19(2)16-31(27)3)14-26(18)30-28(32)21-8-10-23(11-9-21)35-17-20-12-24(33-4)15-25(13-20)34-5/h6-16H,17H2,1-5H3,(H,30,32). The van der Waals surface area contributed by atoms with Crippen LogP contribution in [0.3, 0.4) is 0 Å². The summed E-state index contributed by atoms with van der Waals surface area (Å²) in [4.78, 5) is 17.5. The van der Waals surface area contributed by atoms with E-state index in [0.29, 0.717) is 29.4 Å². The maximum Gasteiger partial charge on any atom is 0.255 e. The third-order valence-corrected chi connectivity index (χ3v) is 5.67. The minimum Gasteiger partial charge on any atom is -0.497 e. The van der Waals surface area contributed by atoms with Gasteiger partial charge in [0.15, 0.2) is 0 Å². The third kappa shape index (κ3) is 5.63. The van der Waals surface area contributed by atoms with Crippen LogP contribution in [0.4, 0.5) is 5.69 Å². The minimum absolute atomic E-state index is 0.189. The molecule has 0 saturated carbocycles. The van der Waals surface area contributed by atoms with Gasteiger partial charge in [0.25, 0.3) is 5.91 Å². The molecule has 4 aromatic rings. The Morgan fingerprint density at radius 3 is 2.20 bits per heavy atom. The topological polar surface area (TPSA) is 74.6 Å². The highest BCUT2D eigenvalue weighted by molar-refractivity contribution is 6.05. The molecule has 0 spiro atoms. The number of hydrogen-bond acceptors (Lipinski definition) is 5. The second kappa shape index (κ2) is 10.3. The average Bonchev–Trinajstić information content (AvgIpc) is 3.21. The fraction of sp³-hybridized carbons (Fsp3) is 0.214. The summed E-state index contributed by atoms with van der Waals surface area (Å²) >= 11 is 0. The van der Waals surface area contributed by atoms with Gasteiger partial charge >= 0.3 is 0 Å². The van der Waals surface area contributed by atoms with Crippen molar-refractivity contribution in [1.29, 1.82) is 0 Å². The van der Waals surface area contributed by atoms with Crippen molar-refractivity contribution in [1.82, 2.24) is 9.55 Å². The van der Waals surface area contributed by atoms with E-state index in [9.17, 15) is 4.79 Å². The number of aryl methyl sites for hydroxylation is 3. The van der Waals surface area contributed by atoms with Gasteiger partial charge in [-0.1, -0.05) is 12.1 Å². The van der Waals surface area contributed by atoms with Crippen LogP contribution in [0.15, 0.2) is 66.9 Å². The molecule has 180 valence electrons. The Hall–Kier alpha value is -4.26. The van der Waals surface area contributed by atoms with Gasteiger partial charge < -0.3 is 24.1 Å². The molecule has 1 N–H and O–H groups in total. The lowest BCUT2D eigenvalue weighted by Gasteiger charge is -2.12. The van der Waals surface area contributed by atoms with E-state index < -0.39 is 0 Å². The summed E-state index contributed by atoms with van der Waals surface area (Å²) in [5.41, 5.74) is 5.07. The van der Waals surface area contributed by atoms with Gasteiger partial charge in [0.05, 0.1) is 19.9 Å². The summed E-state index contributed by atoms with van der Waals surface area (Å²) in [5.74, 6) is 2.73. The summed E-state index contributed by atoms with van der Waals surface area (Å²) in [5, 5.41) is 3.02. The van der Waals surface area contributed by atoms with E-state index in [0.717, 1.165) is 33.9 Å². The highest BCUT2D eigenvalue weighted by Crippen LogP contribution is 2.26. The molecule has 1 heterocycles. The lowest BCUT2D eigenvalue weighted by atomic mass is 10.1. The number of imidazole rings is 1. The smallest absolute Gasteiger partial charge is 0.255 e. The van der Waals surface area contributed by atoms with Gasteiger partial charge in [0.1, 0.15) is 29.7 Å². The van der Waals surface area contributed by atoms with Crippen molar-refractivity contribution in [3.05, 3.63) is 89.2 Å². The molecular weight excluding hydrogens is 442 g/mol. The first kappa shape index (κ1) is 23.9. The quantitative estimate of drug-likeness (QED) is 0.365. The number of carbonyl (C=O) groups is 1. The maximum atomic E-state index is 12.9. The number of ether oxygens (including phenoxy) is 3. The zero-order valence-electron chi connectivity index (χ0n) is 20.6. The summed E-state index contributed by atoms with van der Waals surface area (Å²) in [6.45, 7) is 4.27. The Labute approximate surface area is 205 Å². The van der Waals surface area contributed by atoms with Crippen molar-refractivity contribution in [2.75, 3.05) is 19.5 Å². The van der Waals surface area contributed by atoms with Crippen LogP contribution in [0, 0.1) is 13.8 Å². The molecule has 0 aliphatic carbocycles. The van der Waals surface area contributed by atoms with Crippen LogP contribution in [0.5, 0.6) is 17.2 Å². The predicted octanol–water partition coefficient (Wildman–Crippen LogP) is 5.55. The van der Waals surface area contributed by atoms with E-state index in [1.807, 2.05) is 68.1 Å². The zero-order chi connectivity index (χ0) is 24.9. The second-order valence-electron chi connectivity index (χ2n) is 8.33. The first-order chi connectivity index (χ1) is 16.9. The Morgan fingerprint density at radius 1 is 0.914 bits per heavy atom. The van der Waals surface area contributed by atoms with Crippen LogP contribution >= 0.6 is 0 Å². The van der Waals surface area contributed by atoms with Gasteiger partial charge in [-0.05, 0) is 67.4 Å². The van der Waals surface area contributed by atoms with Gasteiger partial charge in [-0.15, -0.1) is 0 Å². The van der Waals surface area contributed by atoms with Crippen molar-refractivity contribution >= 4 is 11.6 Å². The molecule has 0 atom stereocenters. The number of nitrogens with zero attached hydrogens (tertiary/aromatic N) is 2. The Balaban J connectivity index is 1.43. The van der Waals surface area contributed by atoms with E-state index in [4.69, 9.17) is 14.2 Å². The average molecular weight is 472 g/mol. The van der Waals surface area contributed by atoms with Crippen LogP contribution in [0.1, 0.15) is 27.2 Å². The van der Waals surface area contributed by atoms with Crippen molar-refractivity contribution < 1.29 is 19.0 Å². The van der Waals surface area contributed by atoms with E-state index >= 15 is 0 Å². The fourth-order valence-electron chi connectivity index (χ4n) is 3.79. The Kier molecular flexibility index (Phi) is 7.06. The molecule has 0 bridgehead atoms. The summed E-state index contributed by atoms with van der Waals surface area (Å²) in [6.07, 6.45) is 1.97. The number of rotatable bonds is 8. The third-order valence-electron chi connectivity index (χ3n) is 5.67.